The molecule has 0 fully saturated rings. The van der Waals surface area contributed by atoms with E-state index in [1.165, 1.54) is 42.1 Å². The Morgan fingerprint density at radius 2 is 2.18 bits per heavy atom. The summed E-state index contributed by atoms with van der Waals surface area (Å²) in [5.41, 5.74) is 5.35. The monoisotopic (exact) mass is 330 g/mol. The zero-order chi connectivity index (χ0) is 15.4. The van der Waals surface area contributed by atoms with Crippen molar-refractivity contribution in [2.24, 2.45) is 5.16 Å². The van der Waals surface area contributed by atoms with Gasteiger partial charge in [-0.15, -0.1) is 0 Å². The number of nitrogens with zero attached hydrogens (tertiary/aromatic N) is 2. The summed E-state index contributed by atoms with van der Waals surface area (Å²) in [6.07, 6.45) is 3.46. The van der Waals surface area contributed by atoms with Crippen molar-refractivity contribution in [1.82, 2.24) is 4.90 Å². The molecule has 116 valence electrons. The number of hydrogen-bond donors (Lipinski definition) is 0. The van der Waals surface area contributed by atoms with Gasteiger partial charge >= 0.3 is 135 Å². The molecule has 0 bridgehead atoms. The topological polar surface area (TPSA) is 24.8 Å². The van der Waals surface area contributed by atoms with Gasteiger partial charge < -0.3 is 0 Å². The quantitative estimate of drug-likeness (QED) is 0.612. The van der Waals surface area contributed by atoms with Crippen LogP contribution in [0.2, 0.25) is 0 Å². The first-order valence-electron chi connectivity index (χ1n) is 8.06. The van der Waals surface area contributed by atoms with Crippen LogP contribution in [0.1, 0.15) is 30.0 Å². The molecule has 3 nitrogen and oxygen atoms in total. The van der Waals surface area contributed by atoms with E-state index in [1.807, 2.05) is 10.1 Å². The number of oxime groups is 1. The maximum atomic E-state index is 5.33. The van der Waals surface area contributed by atoms with Crippen molar-refractivity contribution in [3.63, 3.8) is 0 Å². The fourth-order valence-electron chi connectivity index (χ4n) is 3.11. The maximum absolute atomic E-state index is 5.33. The van der Waals surface area contributed by atoms with Gasteiger partial charge in [-0.1, -0.05) is 0 Å². The summed E-state index contributed by atoms with van der Waals surface area (Å²) in [6.45, 7) is 5.62. The molecule has 0 aliphatic carbocycles. The Bertz CT molecular complexity index is 576. The average molecular weight is 330 g/mol. The second-order valence-electron chi connectivity index (χ2n) is 6.02. The molecule has 22 heavy (non-hydrogen) atoms. The Morgan fingerprint density at radius 3 is 2.91 bits per heavy atom. The van der Waals surface area contributed by atoms with Crippen LogP contribution in [0, 0.1) is 0 Å². The molecule has 0 amide bonds. The Hall–Kier alpha value is -0.598. The van der Waals surface area contributed by atoms with Gasteiger partial charge in [0, 0.05) is 0 Å². The zero-order valence-electron chi connectivity index (χ0n) is 13.3. The number of fused-ring (bicyclic) bond motifs is 1. The summed E-state index contributed by atoms with van der Waals surface area (Å²) in [5.74, 6) is 1.23. The van der Waals surface area contributed by atoms with Crippen molar-refractivity contribution in [3.05, 3.63) is 34.9 Å². The fraction of sp³-hybridized carbons (Fsp3) is 0.529. The van der Waals surface area contributed by atoms with Crippen molar-refractivity contribution >= 4 is 34.9 Å². The van der Waals surface area contributed by atoms with Crippen molar-refractivity contribution in [2.45, 2.75) is 32.3 Å². The molecule has 1 aromatic rings. The Labute approximate surface area is 142 Å². The van der Waals surface area contributed by atoms with Gasteiger partial charge in [0.2, 0.25) is 0 Å². The molecule has 0 saturated carbocycles. The van der Waals surface area contributed by atoms with E-state index < -0.39 is 0 Å². The van der Waals surface area contributed by atoms with Crippen LogP contribution >= 0.6 is 10.1 Å². The van der Waals surface area contributed by atoms with E-state index >= 15 is 0 Å². The Kier molecular flexibility index (Phi) is 5.76. The van der Waals surface area contributed by atoms with Crippen LogP contribution in [0.4, 0.5) is 0 Å². The summed E-state index contributed by atoms with van der Waals surface area (Å²) >= 11 is 0.331. The van der Waals surface area contributed by atoms with Crippen molar-refractivity contribution in [1.29, 1.82) is 0 Å². The van der Waals surface area contributed by atoms with Gasteiger partial charge in [0.05, 0.1) is 0 Å². The van der Waals surface area contributed by atoms with Crippen molar-refractivity contribution in [3.8, 4) is 0 Å². The first kappa shape index (κ1) is 16.3. The van der Waals surface area contributed by atoms with Gasteiger partial charge in [-0.3, -0.25) is 0 Å². The predicted octanol–water partition coefficient (Wildman–Crippen LogP) is 2.38. The molecule has 5 heteroatoms. The summed E-state index contributed by atoms with van der Waals surface area (Å²) in [6, 6.07) is 6.86. The van der Waals surface area contributed by atoms with E-state index in [4.69, 9.17) is 4.84 Å². The SMILES string of the molecule is [CH2]=[Al][S]CCN1CCc2ccc(C3=NOC(C)C3)cc2CC1. The molecule has 3 rings (SSSR count). The molecule has 0 saturated heterocycles. The predicted molar refractivity (Wildman–Crippen MR) is 97.3 cm³/mol. The standard InChI is InChI=1S/C16H22N2OS.CH2.Al/c1-12-10-16(17-19-12)15-3-2-13-4-6-18(8-9-20)7-5-14(13)11-15;;/h2-3,11-12,20H,4-10H2,1H3;1H2;/q;;+1/p-1. The number of hydrogen-bond acceptors (Lipinski definition) is 4. The molecule has 2 aliphatic heterocycles. The van der Waals surface area contributed by atoms with E-state index in [0.717, 1.165) is 25.0 Å². The summed E-state index contributed by atoms with van der Waals surface area (Å²) in [4.78, 5) is 7.93. The normalized spacial score (nSPS) is 21.5. The molecule has 2 aliphatic rings. The summed E-state index contributed by atoms with van der Waals surface area (Å²) < 4.78 is 0. The van der Waals surface area contributed by atoms with Gasteiger partial charge in [0.1, 0.15) is 0 Å². The first-order chi connectivity index (χ1) is 10.8. The van der Waals surface area contributed by atoms with E-state index in [9.17, 15) is 0 Å². The van der Waals surface area contributed by atoms with Gasteiger partial charge in [-0.25, -0.2) is 0 Å². The van der Waals surface area contributed by atoms with Gasteiger partial charge in [-0.2, -0.15) is 0 Å². The third kappa shape index (κ3) is 4.03. The Morgan fingerprint density at radius 1 is 1.36 bits per heavy atom. The van der Waals surface area contributed by atoms with Crippen LogP contribution in [-0.2, 0) is 17.7 Å². The minimum atomic E-state index is 0.219. The minimum absolute atomic E-state index is 0.219. The van der Waals surface area contributed by atoms with Gasteiger partial charge in [0.15, 0.2) is 0 Å². The van der Waals surface area contributed by atoms with E-state index in [-0.39, 0.29) is 6.10 Å². The molecule has 1 unspecified atom stereocenters. The fourth-order valence-corrected chi connectivity index (χ4v) is 4.46. The molecule has 0 radical (unpaired) electrons. The number of benzene rings is 1. The van der Waals surface area contributed by atoms with Crippen LogP contribution in [0.25, 0.3) is 0 Å². The van der Waals surface area contributed by atoms with Gasteiger partial charge in [0.25, 0.3) is 0 Å². The second-order valence-corrected chi connectivity index (χ2v) is 9.10. The third-order valence-electron chi connectivity index (χ3n) is 4.40. The first-order valence-corrected chi connectivity index (χ1v) is 11.3. The summed E-state index contributed by atoms with van der Waals surface area (Å²) in [5, 5.41) is 8.20. The second kappa shape index (κ2) is 7.79. The molecular formula is C17H23AlN2OS. The molecular weight excluding hydrogens is 307 g/mol. The van der Waals surface area contributed by atoms with Crippen LogP contribution in [-0.4, -0.2) is 61.1 Å². The van der Waals surface area contributed by atoms with E-state index in [1.54, 1.807) is 0 Å². The van der Waals surface area contributed by atoms with Crippen molar-refractivity contribution in [2.75, 3.05) is 25.4 Å². The van der Waals surface area contributed by atoms with E-state index in [2.05, 4.69) is 40.6 Å². The summed E-state index contributed by atoms with van der Waals surface area (Å²) in [7, 11) is 2.01. The van der Waals surface area contributed by atoms with Crippen LogP contribution in [0.3, 0.4) is 0 Å². The molecule has 0 N–H and O–H groups in total. The van der Waals surface area contributed by atoms with E-state index in [0.29, 0.717) is 13.6 Å². The van der Waals surface area contributed by atoms with Crippen LogP contribution < -0.4 is 0 Å². The molecule has 0 spiro atoms. The zero-order valence-corrected chi connectivity index (χ0v) is 15.2. The molecule has 1 aromatic carbocycles. The molecule has 0 aromatic heterocycles. The molecule has 2 heterocycles. The van der Waals surface area contributed by atoms with Crippen LogP contribution in [0.5, 0.6) is 0 Å². The number of rotatable bonds is 5. The molecule has 1 atom stereocenters. The van der Waals surface area contributed by atoms with Gasteiger partial charge in [-0.05, 0) is 6.92 Å². The third-order valence-corrected chi connectivity index (χ3v) is 6.47. The average Bonchev–Trinajstić information content (AvgIpc) is 2.86. The Balaban J connectivity index is 1.66. The van der Waals surface area contributed by atoms with Crippen LogP contribution in [0.15, 0.2) is 23.4 Å². The van der Waals surface area contributed by atoms with Crippen molar-refractivity contribution < 1.29 is 4.84 Å².